The molecule has 0 aliphatic rings. The van der Waals surface area contributed by atoms with Crippen molar-refractivity contribution in [1.82, 2.24) is 4.98 Å². The number of hydrogen-bond acceptors (Lipinski definition) is 1. The Bertz CT molecular complexity index is 999. The molecule has 1 N–H and O–H groups in total. The van der Waals surface area contributed by atoms with E-state index in [2.05, 4.69) is 52.8 Å². The molecular weight excluding hydrogens is 391 g/mol. The Morgan fingerprint density at radius 2 is 1.70 bits per heavy atom. The largest absolute Gasteiger partial charge is 0.386 e. The molecular formula is C21H17ClF3NS. The zero-order chi connectivity index (χ0) is 19.4. The lowest BCUT2D eigenvalue weighted by atomic mass is 10.0. The van der Waals surface area contributed by atoms with Crippen molar-refractivity contribution in [2.45, 2.75) is 19.5 Å². The lowest BCUT2D eigenvalue weighted by molar-refractivity contribution is -0.110. The maximum Gasteiger partial charge on any atom is 0.386 e. The first-order valence-corrected chi connectivity index (χ1v) is 9.51. The summed E-state index contributed by atoms with van der Waals surface area (Å²) in [4.78, 5) is 4.92. The van der Waals surface area contributed by atoms with Crippen molar-refractivity contribution in [3.8, 4) is 11.3 Å². The van der Waals surface area contributed by atoms with Crippen molar-refractivity contribution in [2.24, 2.45) is 0 Å². The van der Waals surface area contributed by atoms with E-state index in [0.29, 0.717) is 0 Å². The van der Waals surface area contributed by atoms with Crippen molar-refractivity contribution >= 4 is 33.8 Å². The molecule has 0 saturated heterocycles. The molecule has 140 valence electrons. The van der Waals surface area contributed by atoms with Crippen LogP contribution >= 0.6 is 22.9 Å². The molecule has 0 saturated carbocycles. The van der Waals surface area contributed by atoms with Gasteiger partial charge in [0.2, 0.25) is 0 Å². The second kappa shape index (κ2) is 8.19. The molecule has 1 nitrogen and oxygen atoms in total. The Balaban J connectivity index is 0.000000376. The van der Waals surface area contributed by atoms with Gasteiger partial charge in [0.25, 0.3) is 0 Å². The lowest BCUT2D eigenvalue weighted by Gasteiger charge is -2.04. The second-order valence-corrected chi connectivity index (χ2v) is 7.54. The Hall–Kier alpha value is -2.24. The van der Waals surface area contributed by atoms with Crippen molar-refractivity contribution in [1.29, 1.82) is 0 Å². The minimum atomic E-state index is -4.00. The zero-order valence-corrected chi connectivity index (χ0v) is 16.1. The fourth-order valence-corrected chi connectivity index (χ4v) is 3.74. The summed E-state index contributed by atoms with van der Waals surface area (Å²) >= 11 is 7.95. The third-order valence-corrected chi connectivity index (χ3v) is 4.97. The van der Waals surface area contributed by atoms with E-state index in [1.165, 1.54) is 27.1 Å². The Kier molecular flexibility index (Phi) is 5.92. The molecule has 0 radical (unpaired) electrons. The molecule has 4 rings (SSSR count). The smallest absolute Gasteiger partial charge is 0.354 e. The number of H-pyrrole nitrogens is 1. The summed E-state index contributed by atoms with van der Waals surface area (Å²) in [6, 6.07) is 20.8. The quantitative estimate of drug-likeness (QED) is 0.358. The van der Waals surface area contributed by atoms with Gasteiger partial charge in [-0.3, -0.25) is 0 Å². The summed E-state index contributed by atoms with van der Waals surface area (Å²) in [6.45, 7) is 0.188. The molecule has 2 heterocycles. The fraction of sp³-hybridized carbons (Fsp3) is 0.143. The number of benzene rings is 2. The number of hydrogen-bond donors (Lipinski definition) is 1. The van der Waals surface area contributed by atoms with Crippen LogP contribution in [-0.4, -0.2) is 11.2 Å². The van der Waals surface area contributed by atoms with E-state index in [0.717, 1.165) is 17.0 Å². The van der Waals surface area contributed by atoms with Crippen LogP contribution in [0.1, 0.15) is 17.4 Å². The molecule has 6 heteroatoms. The number of nitrogens with one attached hydrogen (secondary N) is 1. The monoisotopic (exact) mass is 407 g/mol. The maximum absolute atomic E-state index is 10.4. The Labute approximate surface area is 164 Å². The highest BCUT2D eigenvalue weighted by atomic mass is 35.5. The average Bonchev–Trinajstić information content (AvgIpc) is 3.22. The van der Waals surface area contributed by atoms with Gasteiger partial charge in [0.05, 0.1) is 5.69 Å². The van der Waals surface area contributed by atoms with Gasteiger partial charge in [0.1, 0.15) is 0 Å². The number of fused-ring (bicyclic) bond motifs is 1. The van der Waals surface area contributed by atoms with E-state index >= 15 is 0 Å². The first kappa shape index (κ1) is 19.5. The van der Waals surface area contributed by atoms with Gasteiger partial charge in [-0.1, -0.05) is 54.1 Å². The first-order valence-electron chi connectivity index (χ1n) is 8.26. The van der Waals surface area contributed by atoms with E-state index < -0.39 is 6.18 Å². The minimum absolute atomic E-state index is 0.188. The van der Waals surface area contributed by atoms with Crippen LogP contribution in [0.2, 0.25) is 5.02 Å². The van der Waals surface area contributed by atoms with Crippen LogP contribution in [0.15, 0.2) is 66.0 Å². The van der Waals surface area contributed by atoms with Crippen LogP contribution in [0.3, 0.4) is 0 Å². The van der Waals surface area contributed by atoms with E-state index in [4.69, 9.17) is 11.6 Å². The van der Waals surface area contributed by atoms with Crippen LogP contribution in [-0.2, 0) is 6.42 Å². The topological polar surface area (TPSA) is 15.8 Å². The van der Waals surface area contributed by atoms with E-state index in [-0.39, 0.29) is 6.92 Å². The number of halogens is 4. The summed E-state index contributed by atoms with van der Waals surface area (Å²) in [5.74, 6) is 0. The molecule has 2 aromatic carbocycles. The highest BCUT2D eigenvalue weighted by molar-refractivity contribution is 7.09. The summed E-state index contributed by atoms with van der Waals surface area (Å²) in [5, 5.41) is 4.14. The first-order chi connectivity index (χ1) is 12.8. The number of aromatic nitrogens is 1. The molecule has 27 heavy (non-hydrogen) atoms. The van der Waals surface area contributed by atoms with Gasteiger partial charge >= 0.3 is 6.18 Å². The predicted molar refractivity (Wildman–Crippen MR) is 108 cm³/mol. The second-order valence-electron chi connectivity index (χ2n) is 6.07. The summed E-state index contributed by atoms with van der Waals surface area (Å²) in [6.07, 6.45) is -3.07. The van der Waals surface area contributed by atoms with Crippen molar-refractivity contribution < 1.29 is 13.2 Å². The predicted octanol–water partition coefficient (Wildman–Crippen LogP) is 7.71. The molecule has 0 spiro atoms. The van der Waals surface area contributed by atoms with E-state index in [1.54, 1.807) is 11.3 Å². The summed E-state index contributed by atoms with van der Waals surface area (Å²) in [5.41, 5.74) is 4.82. The van der Waals surface area contributed by atoms with Gasteiger partial charge in [0.15, 0.2) is 0 Å². The number of rotatable bonds is 3. The molecule has 0 fully saturated rings. The SMILES string of the molecule is CC(F)(F)F.Clc1ccc2c(Cc3cccs3)c(-c3ccccc3)[nH]c2c1. The number of alkyl halides is 3. The molecule has 2 aromatic heterocycles. The molecule has 0 amide bonds. The zero-order valence-electron chi connectivity index (χ0n) is 14.5. The van der Waals surface area contributed by atoms with Gasteiger partial charge in [-0.15, -0.1) is 11.3 Å². The number of aromatic amines is 1. The van der Waals surface area contributed by atoms with Crippen molar-refractivity contribution in [3.05, 3.63) is 81.5 Å². The van der Waals surface area contributed by atoms with Crippen molar-refractivity contribution in [2.75, 3.05) is 0 Å². The highest BCUT2D eigenvalue weighted by Crippen LogP contribution is 2.34. The van der Waals surface area contributed by atoms with Crippen LogP contribution in [0, 0.1) is 0 Å². The molecule has 0 bridgehead atoms. The normalized spacial score (nSPS) is 11.3. The molecule has 0 atom stereocenters. The average molecular weight is 408 g/mol. The van der Waals surface area contributed by atoms with Gasteiger partial charge in [-0.2, -0.15) is 13.2 Å². The maximum atomic E-state index is 10.4. The Morgan fingerprint density at radius 1 is 1.00 bits per heavy atom. The third kappa shape index (κ3) is 5.37. The molecule has 0 unspecified atom stereocenters. The van der Waals surface area contributed by atoms with Crippen LogP contribution < -0.4 is 0 Å². The number of thiophene rings is 1. The molecule has 0 aliphatic carbocycles. The van der Waals surface area contributed by atoms with E-state index in [9.17, 15) is 13.2 Å². The molecule has 0 aliphatic heterocycles. The fourth-order valence-electron chi connectivity index (χ4n) is 2.85. The van der Waals surface area contributed by atoms with Gasteiger partial charge in [-0.25, -0.2) is 0 Å². The van der Waals surface area contributed by atoms with Gasteiger partial charge in [0, 0.05) is 34.1 Å². The van der Waals surface area contributed by atoms with Crippen LogP contribution in [0.5, 0.6) is 0 Å². The van der Waals surface area contributed by atoms with Gasteiger partial charge < -0.3 is 4.98 Å². The lowest BCUT2D eigenvalue weighted by Crippen LogP contribution is -1.95. The van der Waals surface area contributed by atoms with Crippen molar-refractivity contribution in [3.63, 3.8) is 0 Å². The van der Waals surface area contributed by atoms with Crippen LogP contribution in [0.4, 0.5) is 13.2 Å². The summed E-state index contributed by atoms with van der Waals surface area (Å²) in [7, 11) is 0. The van der Waals surface area contributed by atoms with Crippen LogP contribution in [0.25, 0.3) is 22.2 Å². The molecule has 4 aromatic rings. The minimum Gasteiger partial charge on any atom is -0.354 e. The Morgan fingerprint density at radius 3 is 2.33 bits per heavy atom. The van der Waals surface area contributed by atoms with Gasteiger partial charge in [-0.05, 0) is 34.7 Å². The highest BCUT2D eigenvalue weighted by Gasteiger charge is 2.16. The third-order valence-electron chi connectivity index (χ3n) is 3.86. The summed E-state index contributed by atoms with van der Waals surface area (Å²) < 4.78 is 31.1. The standard InChI is InChI=1S/C19H14ClNS.C2H3F3/c20-14-8-9-16-17(12-15-7-4-10-22-15)19(21-18(16)11-14)13-5-2-1-3-6-13;1-2(3,4)5/h1-11,21H,12H2;1H3. The van der Waals surface area contributed by atoms with E-state index in [1.807, 2.05) is 18.2 Å².